The first-order valence-corrected chi connectivity index (χ1v) is 15.8. The van der Waals surface area contributed by atoms with Gasteiger partial charge in [-0.15, -0.1) is 0 Å². The van der Waals surface area contributed by atoms with Crippen LogP contribution in [0.5, 0.6) is 5.75 Å². The number of pyridine rings is 1. The van der Waals surface area contributed by atoms with Crippen molar-refractivity contribution >= 4 is 27.5 Å². The van der Waals surface area contributed by atoms with Crippen LogP contribution in [0.2, 0.25) is 0 Å². The molecule has 3 aliphatic rings. The van der Waals surface area contributed by atoms with Gasteiger partial charge >= 0.3 is 51.4 Å². The number of carbonyl (C=O) groups is 3. The molecule has 0 spiro atoms. The largest absolute Gasteiger partial charge is 1.00 e. The van der Waals surface area contributed by atoms with Crippen molar-refractivity contribution in [3.05, 3.63) is 69.8 Å². The number of methoxy groups -OCH3 is 1. The number of Topliss-reactive ketones (excluding diaryl/α,β-unsaturated/α-hetero) is 2. The third kappa shape index (κ3) is 6.92. The number of aromatic nitrogens is 1. The minimum atomic E-state index is -3.79. The summed E-state index contributed by atoms with van der Waals surface area (Å²) in [5, 5.41) is 0. The minimum absolute atomic E-state index is 0. The Balaban J connectivity index is 0.00000264. The van der Waals surface area contributed by atoms with Crippen LogP contribution in [0, 0.1) is 17.8 Å². The molecule has 2 heterocycles. The minimum Gasteiger partial charge on any atom is -1.00 e. The molecule has 11 heteroatoms. The molecule has 1 aliphatic heterocycles. The summed E-state index contributed by atoms with van der Waals surface area (Å²) < 4.78 is 37.5. The van der Waals surface area contributed by atoms with E-state index in [1.807, 2.05) is 38.5 Å². The van der Waals surface area contributed by atoms with Crippen LogP contribution in [-0.4, -0.2) is 44.2 Å². The SMILES string of the molecule is COc1ccc(-c2ccc(C)c(C(=O)NS(C)(=O)=O)n2)cc1C1C2=C(CC(C)(C)CC2=O)OC2=C1C(=O)CC(C)(C)C2.[H-].[K+]. The van der Waals surface area contributed by atoms with E-state index in [2.05, 4.69) is 4.98 Å². The Labute approximate surface area is 296 Å². The number of amides is 1. The summed E-state index contributed by atoms with van der Waals surface area (Å²) in [6.45, 7) is 9.82. The Morgan fingerprint density at radius 2 is 1.53 bits per heavy atom. The van der Waals surface area contributed by atoms with Crippen LogP contribution in [0.3, 0.4) is 0 Å². The molecule has 0 saturated heterocycles. The molecule has 1 amide bonds. The van der Waals surface area contributed by atoms with Gasteiger partial charge in [0.1, 0.15) is 23.0 Å². The quantitative estimate of drug-likeness (QED) is 0.498. The maximum atomic E-state index is 13.7. The van der Waals surface area contributed by atoms with Gasteiger partial charge in [0, 0.05) is 48.0 Å². The van der Waals surface area contributed by atoms with Crippen molar-refractivity contribution in [3.8, 4) is 17.0 Å². The second kappa shape index (κ2) is 12.0. The molecule has 43 heavy (non-hydrogen) atoms. The number of hydrogen-bond acceptors (Lipinski definition) is 8. The van der Waals surface area contributed by atoms with Crippen molar-refractivity contribution < 1.29 is 85.1 Å². The van der Waals surface area contributed by atoms with Crippen LogP contribution in [0.25, 0.3) is 11.3 Å². The molecule has 0 fully saturated rings. The summed E-state index contributed by atoms with van der Waals surface area (Å²) in [7, 11) is -2.25. The number of sulfonamides is 1. The molecule has 224 valence electrons. The Morgan fingerprint density at radius 3 is 2.05 bits per heavy atom. The summed E-state index contributed by atoms with van der Waals surface area (Å²) in [4.78, 5) is 44.7. The van der Waals surface area contributed by atoms with E-state index in [1.54, 1.807) is 31.2 Å². The monoisotopic (exact) mass is 632 g/mol. The van der Waals surface area contributed by atoms with Gasteiger partial charge in [-0.3, -0.25) is 14.4 Å². The standard InChI is InChI=1S/C32H36N2O7S.K.H/c1-17-8-10-20(33-29(17)30(37)34-42(7,38)39)18-9-11-23(40-6)19(12-18)26-27-21(35)13-31(2,3)15-24(27)41-25-16-32(4,5)14-22(36)28(25)26;;/h8-12,26H,13-16H2,1-7H3,(H,34,37);;/q;+1;-1. The van der Waals surface area contributed by atoms with Crippen LogP contribution in [0.15, 0.2) is 53.0 Å². The third-order valence-corrected chi connectivity index (χ3v) is 8.56. The number of hydrogen-bond donors (Lipinski definition) is 1. The zero-order valence-corrected chi connectivity index (χ0v) is 29.9. The molecule has 1 N–H and O–H groups in total. The number of aryl methyl sites for hydroxylation is 1. The van der Waals surface area contributed by atoms with E-state index in [1.165, 1.54) is 7.11 Å². The van der Waals surface area contributed by atoms with Gasteiger partial charge < -0.3 is 10.9 Å². The van der Waals surface area contributed by atoms with E-state index >= 15 is 0 Å². The van der Waals surface area contributed by atoms with Crippen molar-refractivity contribution in [1.29, 1.82) is 0 Å². The van der Waals surface area contributed by atoms with Crippen LogP contribution in [0.1, 0.15) is 82.3 Å². The molecule has 0 unspecified atom stereocenters. The fourth-order valence-electron chi connectivity index (χ4n) is 6.24. The zero-order chi connectivity index (χ0) is 30.8. The molecule has 0 bridgehead atoms. The fraction of sp³-hybridized carbons (Fsp3) is 0.438. The van der Waals surface area contributed by atoms with Gasteiger partial charge in [-0.1, -0.05) is 33.8 Å². The number of benzene rings is 1. The predicted molar refractivity (Wildman–Crippen MR) is 158 cm³/mol. The van der Waals surface area contributed by atoms with Gasteiger partial charge in [0.25, 0.3) is 5.91 Å². The second-order valence-corrected chi connectivity index (χ2v) is 14.9. The van der Waals surface area contributed by atoms with E-state index in [0.717, 1.165) is 6.26 Å². The van der Waals surface area contributed by atoms with E-state index in [-0.39, 0.29) is 80.9 Å². The number of rotatable bonds is 5. The second-order valence-electron chi connectivity index (χ2n) is 13.1. The first-order valence-electron chi connectivity index (χ1n) is 13.9. The number of nitrogens with one attached hydrogen (secondary N) is 1. The molecule has 1 aromatic carbocycles. The third-order valence-electron chi connectivity index (χ3n) is 8.01. The van der Waals surface area contributed by atoms with Crippen LogP contribution in [-0.2, 0) is 24.3 Å². The topological polar surface area (TPSA) is 129 Å². The van der Waals surface area contributed by atoms with Crippen LogP contribution in [0.4, 0.5) is 0 Å². The Kier molecular flexibility index (Phi) is 9.40. The first-order chi connectivity index (χ1) is 19.5. The number of ether oxygens (including phenoxy) is 2. The van der Waals surface area contributed by atoms with Gasteiger partial charge in [-0.25, -0.2) is 18.1 Å². The van der Waals surface area contributed by atoms with Crippen molar-refractivity contribution in [1.82, 2.24) is 9.71 Å². The summed E-state index contributed by atoms with van der Waals surface area (Å²) in [5.74, 6) is 0.0842. The van der Waals surface area contributed by atoms with Gasteiger partial charge in [0.2, 0.25) is 10.0 Å². The molecule has 2 aliphatic carbocycles. The van der Waals surface area contributed by atoms with Crippen molar-refractivity contribution in [3.63, 3.8) is 0 Å². The fourth-order valence-corrected chi connectivity index (χ4v) is 6.67. The smallest absolute Gasteiger partial charge is 1.00 e. The molecule has 5 rings (SSSR count). The molecule has 2 aromatic rings. The molecular formula is C32H37KN2O7S. The molecule has 9 nitrogen and oxygen atoms in total. The molecule has 1 aromatic heterocycles. The van der Waals surface area contributed by atoms with E-state index < -0.39 is 21.8 Å². The summed E-state index contributed by atoms with van der Waals surface area (Å²) in [5.41, 5.74) is 2.56. The molecular weight excluding hydrogens is 596 g/mol. The first kappa shape index (κ1) is 33.7. The summed E-state index contributed by atoms with van der Waals surface area (Å²) >= 11 is 0. The van der Waals surface area contributed by atoms with Gasteiger partial charge in [-0.05, 0) is 47.6 Å². The van der Waals surface area contributed by atoms with Gasteiger partial charge in [0.15, 0.2) is 11.6 Å². The van der Waals surface area contributed by atoms with Crippen molar-refractivity contribution in [2.45, 2.75) is 66.2 Å². The number of nitrogens with zero attached hydrogens (tertiary/aromatic N) is 1. The Bertz CT molecular complexity index is 1680. The average Bonchev–Trinajstić information content (AvgIpc) is 2.84. The maximum absolute atomic E-state index is 13.7. The molecule has 0 atom stereocenters. The normalized spacial score (nSPS) is 19.6. The maximum Gasteiger partial charge on any atom is 1.00 e. The van der Waals surface area contributed by atoms with Crippen molar-refractivity contribution in [2.75, 3.05) is 13.4 Å². The number of ketones is 2. The molecule has 0 radical (unpaired) electrons. The van der Waals surface area contributed by atoms with Crippen LogP contribution < -0.4 is 60.8 Å². The number of allylic oxidation sites excluding steroid dienone is 4. The summed E-state index contributed by atoms with van der Waals surface area (Å²) in [6.07, 6.45) is 2.69. The predicted octanol–water partition coefficient (Wildman–Crippen LogP) is 2.27. The van der Waals surface area contributed by atoms with Crippen LogP contribution >= 0.6 is 0 Å². The number of carbonyl (C=O) groups excluding carboxylic acids is 3. The van der Waals surface area contributed by atoms with Gasteiger partial charge in [-0.2, -0.15) is 0 Å². The summed E-state index contributed by atoms with van der Waals surface area (Å²) in [6, 6.07) is 8.80. The molecule has 0 saturated carbocycles. The average molecular weight is 633 g/mol. The Morgan fingerprint density at radius 1 is 0.977 bits per heavy atom. The van der Waals surface area contributed by atoms with Crippen molar-refractivity contribution in [2.24, 2.45) is 10.8 Å². The Hall–Kier alpha value is -2.15. The van der Waals surface area contributed by atoms with E-state index in [0.29, 0.717) is 76.5 Å². The van der Waals surface area contributed by atoms with E-state index in [9.17, 15) is 22.8 Å². The zero-order valence-electron chi connectivity index (χ0n) is 27.0. The van der Waals surface area contributed by atoms with E-state index in [4.69, 9.17) is 9.47 Å². The van der Waals surface area contributed by atoms with Gasteiger partial charge in [0.05, 0.1) is 25.0 Å².